The molecule has 0 bridgehead atoms. The number of carbonyl (C=O) groups is 3. The number of Topliss-reactive ketones (excluding diaryl/α,β-unsaturated/α-hetero) is 1. The van der Waals surface area contributed by atoms with Crippen LogP contribution in [-0.2, 0) is 14.4 Å². The number of para-hydroxylation sites is 1. The minimum absolute atomic E-state index is 0.0645. The summed E-state index contributed by atoms with van der Waals surface area (Å²) < 4.78 is 30.5. The molecule has 2 fully saturated rings. The van der Waals surface area contributed by atoms with Crippen LogP contribution >= 0.6 is 0 Å². The van der Waals surface area contributed by atoms with Crippen LogP contribution < -0.4 is 15.4 Å². The van der Waals surface area contributed by atoms with E-state index in [-0.39, 0.29) is 42.1 Å². The molecule has 1 aromatic rings. The van der Waals surface area contributed by atoms with Crippen molar-refractivity contribution in [3.63, 3.8) is 0 Å². The van der Waals surface area contributed by atoms with Gasteiger partial charge in [0.05, 0.1) is 11.6 Å². The summed E-state index contributed by atoms with van der Waals surface area (Å²) in [7, 11) is 0. The molecule has 0 radical (unpaired) electrons. The normalized spacial score (nSPS) is 24.8. The maximum Gasteiger partial charge on any atom is 0.387 e. The number of halogens is 2. The molecule has 8 heteroatoms. The number of hydrogen-bond acceptors (Lipinski definition) is 4. The van der Waals surface area contributed by atoms with Crippen LogP contribution in [0.15, 0.2) is 24.3 Å². The van der Waals surface area contributed by atoms with Crippen molar-refractivity contribution in [2.45, 2.75) is 70.6 Å². The Kier molecular flexibility index (Phi) is 6.73. The van der Waals surface area contributed by atoms with E-state index in [9.17, 15) is 23.2 Å². The molecule has 0 saturated heterocycles. The highest BCUT2D eigenvalue weighted by molar-refractivity contribution is 5.94. The van der Waals surface area contributed by atoms with E-state index in [2.05, 4.69) is 10.6 Å². The topological polar surface area (TPSA) is 84.5 Å². The number of alkyl halides is 2. The first-order valence-electron chi connectivity index (χ1n) is 10.4. The molecule has 0 aliphatic heterocycles. The van der Waals surface area contributed by atoms with Gasteiger partial charge in [0.1, 0.15) is 5.75 Å². The molecule has 2 N–H and O–H groups in total. The Hall–Kier alpha value is -2.51. The Morgan fingerprint density at radius 2 is 1.73 bits per heavy atom. The summed E-state index contributed by atoms with van der Waals surface area (Å²) >= 11 is 0. The second kappa shape index (κ2) is 9.10. The van der Waals surface area contributed by atoms with Crippen LogP contribution in [-0.4, -0.2) is 29.7 Å². The third-order valence-electron chi connectivity index (χ3n) is 6.29. The molecule has 3 rings (SSSR count). The maximum atomic E-state index is 13.0. The van der Waals surface area contributed by atoms with E-state index >= 15 is 0 Å². The fourth-order valence-corrected chi connectivity index (χ4v) is 4.73. The molecular weight excluding hydrogens is 394 g/mol. The fraction of sp³-hybridized carbons (Fsp3) is 0.591. The van der Waals surface area contributed by atoms with Gasteiger partial charge >= 0.3 is 6.61 Å². The molecule has 2 amide bonds. The summed E-state index contributed by atoms with van der Waals surface area (Å²) in [5.74, 6) is -0.955. The second-order valence-corrected chi connectivity index (χ2v) is 8.37. The van der Waals surface area contributed by atoms with Crippen molar-refractivity contribution in [3.8, 4) is 5.75 Å². The highest BCUT2D eigenvalue weighted by Gasteiger charge is 2.51. The summed E-state index contributed by atoms with van der Waals surface area (Å²) in [6.45, 7) is -0.205. The molecule has 30 heavy (non-hydrogen) atoms. The predicted molar refractivity (Wildman–Crippen MR) is 106 cm³/mol. The quantitative estimate of drug-likeness (QED) is 0.672. The lowest BCUT2D eigenvalue weighted by Crippen LogP contribution is -2.64. The first-order chi connectivity index (χ1) is 14.2. The van der Waals surface area contributed by atoms with Crippen molar-refractivity contribution < 1.29 is 27.9 Å². The molecular formula is C22H28F2N2O4. The number of carbonyl (C=O) groups excluding carboxylic acids is 3. The van der Waals surface area contributed by atoms with Crippen molar-refractivity contribution >= 4 is 17.6 Å². The van der Waals surface area contributed by atoms with Crippen molar-refractivity contribution in [1.82, 2.24) is 10.6 Å². The number of nitrogens with one attached hydrogen (secondary N) is 2. The van der Waals surface area contributed by atoms with E-state index in [1.165, 1.54) is 19.9 Å². The van der Waals surface area contributed by atoms with Gasteiger partial charge in [0.15, 0.2) is 5.78 Å². The van der Waals surface area contributed by atoms with Crippen molar-refractivity contribution in [3.05, 3.63) is 29.8 Å². The van der Waals surface area contributed by atoms with Gasteiger partial charge in [-0.05, 0) is 44.6 Å². The van der Waals surface area contributed by atoms with Gasteiger partial charge in [0.2, 0.25) is 11.8 Å². The number of rotatable bonds is 8. The van der Waals surface area contributed by atoms with Crippen molar-refractivity contribution in [2.75, 3.05) is 0 Å². The van der Waals surface area contributed by atoms with Gasteiger partial charge in [-0.1, -0.05) is 31.0 Å². The molecule has 2 aliphatic rings. The van der Waals surface area contributed by atoms with Crippen molar-refractivity contribution in [2.24, 2.45) is 11.8 Å². The zero-order chi connectivity index (χ0) is 21.9. The molecule has 0 aromatic heterocycles. The molecule has 1 aromatic carbocycles. The van der Waals surface area contributed by atoms with Crippen LogP contribution in [0.1, 0.15) is 64.0 Å². The highest BCUT2D eigenvalue weighted by Crippen LogP contribution is 2.42. The van der Waals surface area contributed by atoms with Crippen LogP contribution in [0, 0.1) is 11.8 Å². The van der Waals surface area contributed by atoms with Gasteiger partial charge in [0, 0.05) is 18.4 Å². The minimum Gasteiger partial charge on any atom is -0.434 e. The van der Waals surface area contributed by atoms with E-state index < -0.39 is 24.1 Å². The van der Waals surface area contributed by atoms with Gasteiger partial charge in [-0.2, -0.15) is 8.78 Å². The zero-order valence-electron chi connectivity index (χ0n) is 17.3. The lowest BCUT2D eigenvalue weighted by Gasteiger charge is -2.45. The molecule has 6 nitrogen and oxygen atoms in total. The van der Waals surface area contributed by atoms with Crippen LogP contribution in [0.3, 0.4) is 0 Å². The van der Waals surface area contributed by atoms with Crippen LogP contribution in [0.4, 0.5) is 8.78 Å². The standard InChI is InChI=1S/C22H28F2N2O4/c1-13(27)22(26-14(2)28)11-16(12-22)20(29)25-19(15-7-3-4-8-15)17-9-5-6-10-18(17)30-21(23)24/h5-6,9-10,15-16,19,21H,3-4,7-8,11-12H2,1-2H3,(H,25,29)(H,26,28)/t16?,19-,22?/m0/s1. The molecule has 0 spiro atoms. The fourth-order valence-electron chi connectivity index (χ4n) is 4.73. The van der Waals surface area contributed by atoms with E-state index in [0.717, 1.165) is 25.7 Å². The molecule has 1 atom stereocenters. The smallest absolute Gasteiger partial charge is 0.387 e. The average molecular weight is 422 g/mol. The van der Waals surface area contributed by atoms with E-state index in [1.807, 2.05) is 0 Å². The average Bonchev–Trinajstić information content (AvgIpc) is 3.16. The summed E-state index contributed by atoms with van der Waals surface area (Å²) in [5.41, 5.74) is -0.454. The number of amides is 2. The molecule has 164 valence electrons. The second-order valence-electron chi connectivity index (χ2n) is 8.37. The van der Waals surface area contributed by atoms with E-state index in [1.54, 1.807) is 18.2 Å². The Bertz CT molecular complexity index is 802. The third-order valence-corrected chi connectivity index (χ3v) is 6.29. The number of benzene rings is 1. The SMILES string of the molecule is CC(=O)NC1(C(C)=O)CC(C(=O)N[C@H](c2ccccc2OC(F)F)C2CCCC2)C1. The third kappa shape index (κ3) is 4.79. The van der Waals surface area contributed by atoms with Crippen molar-refractivity contribution in [1.29, 1.82) is 0 Å². The molecule has 0 heterocycles. The van der Waals surface area contributed by atoms with Crippen LogP contribution in [0.25, 0.3) is 0 Å². The molecule has 2 saturated carbocycles. The summed E-state index contributed by atoms with van der Waals surface area (Å²) in [5, 5.41) is 5.71. The monoisotopic (exact) mass is 422 g/mol. The zero-order valence-corrected chi connectivity index (χ0v) is 17.3. The van der Waals surface area contributed by atoms with Gasteiger partial charge in [0.25, 0.3) is 0 Å². The Balaban J connectivity index is 1.77. The minimum atomic E-state index is -2.95. The summed E-state index contributed by atoms with van der Waals surface area (Å²) in [6.07, 6.45) is 4.30. The highest BCUT2D eigenvalue weighted by atomic mass is 19.3. The van der Waals surface area contributed by atoms with Gasteiger partial charge in [-0.3, -0.25) is 14.4 Å². The predicted octanol–water partition coefficient (Wildman–Crippen LogP) is 3.51. The maximum absolute atomic E-state index is 13.0. The first-order valence-corrected chi connectivity index (χ1v) is 10.4. The molecule has 2 aliphatic carbocycles. The Morgan fingerprint density at radius 3 is 2.30 bits per heavy atom. The Morgan fingerprint density at radius 1 is 1.10 bits per heavy atom. The number of hydrogen-bond donors (Lipinski definition) is 2. The molecule has 0 unspecified atom stereocenters. The largest absolute Gasteiger partial charge is 0.434 e. The number of ether oxygens (including phenoxy) is 1. The summed E-state index contributed by atoms with van der Waals surface area (Å²) in [6, 6.07) is 6.11. The van der Waals surface area contributed by atoms with Crippen LogP contribution in [0.5, 0.6) is 5.75 Å². The van der Waals surface area contributed by atoms with Crippen LogP contribution in [0.2, 0.25) is 0 Å². The van der Waals surface area contributed by atoms with Gasteiger partial charge in [-0.15, -0.1) is 0 Å². The van der Waals surface area contributed by atoms with E-state index in [0.29, 0.717) is 5.56 Å². The lowest BCUT2D eigenvalue weighted by molar-refractivity contribution is -0.142. The lowest BCUT2D eigenvalue weighted by atomic mass is 9.65. The number of ketones is 1. The van der Waals surface area contributed by atoms with E-state index in [4.69, 9.17) is 4.74 Å². The summed E-state index contributed by atoms with van der Waals surface area (Å²) in [4.78, 5) is 36.4. The first kappa shape index (κ1) is 22.2. The Labute approximate surface area is 174 Å². The van der Waals surface area contributed by atoms with Gasteiger partial charge < -0.3 is 15.4 Å². The van der Waals surface area contributed by atoms with Gasteiger partial charge in [-0.25, -0.2) is 0 Å².